The number of amides is 1. The lowest BCUT2D eigenvalue weighted by Crippen LogP contribution is -2.33. The smallest absolute Gasteiger partial charge is 0.223 e. The van der Waals surface area contributed by atoms with Gasteiger partial charge in [0.15, 0.2) is 0 Å². The van der Waals surface area contributed by atoms with Crippen molar-refractivity contribution in [2.24, 2.45) is 0 Å². The number of ether oxygens (including phenoxy) is 1. The van der Waals surface area contributed by atoms with Gasteiger partial charge in [0.05, 0.1) is 6.61 Å². The van der Waals surface area contributed by atoms with Crippen molar-refractivity contribution >= 4 is 11.6 Å². The fourth-order valence-electron chi connectivity index (χ4n) is 2.21. The molecule has 1 aliphatic heterocycles. The summed E-state index contributed by atoms with van der Waals surface area (Å²) in [6, 6.07) is 6.02. The summed E-state index contributed by atoms with van der Waals surface area (Å²) in [6.07, 6.45) is 3.07. The Balaban J connectivity index is 2.23. The van der Waals surface area contributed by atoms with Gasteiger partial charge in [0.2, 0.25) is 5.91 Å². The number of rotatable bonds is 3. The summed E-state index contributed by atoms with van der Waals surface area (Å²) < 4.78 is 5.61. The largest absolute Gasteiger partial charge is 0.494 e. The summed E-state index contributed by atoms with van der Waals surface area (Å²) >= 11 is 0. The van der Waals surface area contributed by atoms with Crippen LogP contribution in [0.5, 0.6) is 5.75 Å². The summed E-state index contributed by atoms with van der Waals surface area (Å²) in [4.78, 5) is 13.4. The van der Waals surface area contributed by atoms with Crippen LogP contribution in [-0.2, 0) is 11.2 Å². The first kappa shape index (κ1) is 12.0. The minimum Gasteiger partial charge on any atom is -0.494 e. The molecule has 0 atom stereocenters. The lowest BCUT2D eigenvalue weighted by Gasteiger charge is -2.28. The SMILES string of the molecule is CCCOc1ccc2c(c1)CCCN2C(C)=O. The van der Waals surface area contributed by atoms with Crippen molar-refractivity contribution in [1.29, 1.82) is 0 Å². The minimum atomic E-state index is 0.119. The van der Waals surface area contributed by atoms with Crippen LogP contribution < -0.4 is 9.64 Å². The normalized spacial score (nSPS) is 14.4. The standard InChI is InChI=1S/C14H19NO2/c1-3-9-17-13-6-7-14-12(10-13)5-4-8-15(14)11(2)16/h6-7,10H,3-5,8-9H2,1-2H3. The maximum atomic E-state index is 11.5. The van der Waals surface area contributed by atoms with Crippen LogP contribution in [0.15, 0.2) is 18.2 Å². The van der Waals surface area contributed by atoms with E-state index in [2.05, 4.69) is 13.0 Å². The van der Waals surface area contributed by atoms with Gasteiger partial charge in [0.1, 0.15) is 5.75 Å². The van der Waals surface area contributed by atoms with Crippen molar-refractivity contribution in [3.8, 4) is 5.75 Å². The topological polar surface area (TPSA) is 29.5 Å². The monoisotopic (exact) mass is 233 g/mol. The summed E-state index contributed by atoms with van der Waals surface area (Å²) in [5.74, 6) is 1.03. The van der Waals surface area contributed by atoms with Gasteiger partial charge in [-0.2, -0.15) is 0 Å². The van der Waals surface area contributed by atoms with E-state index in [1.165, 1.54) is 5.56 Å². The average molecular weight is 233 g/mol. The highest BCUT2D eigenvalue weighted by atomic mass is 16.5. The van der Waals surface area contributed by atoms with Crippen LogP contribution in [0.2, 0.25) is 0 Å². The van der Waals surface area contributed by atoms with Gasteiger partial charge < -0.3 is 9.64 Å². The quantitative estimate of drug-likeness (QED) is 0.803. The molecule has 1 heterocycles. The molecule has 0 saturated heterocycles. The summed E-state index contributed by atoms with van der Waals surface area (Å²) in [7, 11) is 0. The van der Waals surface area contributed by atoms with Gasteiger partial charge in [-0.3, -0.25) is 4.79 Å². The molecule has 0 unspecified atom stereocenters. The molecule has 0 aliphatic carbocycles. The lowest BCUT2D eigenvalue weighted by atomic mass is 10.0. The molecule has 0 aromatic heterocycles. The molecule has 3 nitrogen and oxygen atoms in total. The molecule has 1 aliphatic rings. The second-order valence-corrected chi connectivity index (χ2v) is 4.41. The summed E-state index contributed by atoms with van der Waals surface area (Å²) in [5.41, 5.74) is 2.27. The molecule has 1 aromatic rings. The lowest BCUT2D eigenvalue weighted by molar-refractivity contribution is -0.116. The van der Waals surface area contributed by atoms with Crippen LogP contribution in [-0.4, -0.2) is 19.1 Å². The number of hydrogen-bond acceptors (Lipinski definition) is 2. The van der Waals surface area contributed by atoms with Crippen LogP contribution in [0.1, 0.15) is 32.3 Å². The van der Waals surface area contributed by atoms with Gasteiger partial charge in [-0.25, -0.2) is 0 Å². The van der Waals surface area contributed by atoms with Crippen LogP contribution >= 0.6 is 0 Å². The molecule has 1 aromatic carbocycles. The van der Waals surface area contributed by atoms with E-state index in [4.69, 9.17) is 4.74 Å². The first-order valence-corrected chi connectivity index (χ1v) is 6.26. The summed E-state index contributed by atoms with van der Waals surface area (Å²) in [5, 5.41) is 0. The fourth-order valence-corrected chi connectivity index (χ4v) is 2.21. The van der Waals surface area contributed by atoms with E-state index in [1.807, 2.05) is 17.0 Å². The maximum Gasteiger partial charge on any atom is 0.223 e. The Hall–Kier alpha value is -1.51. The minimum absolute atomic E-state index is 0.119. The number of carbonyl (C=O) groups excluding carboxylic acids is 1. The number of aryl methyl sites for hydroxylation is 1. The number of anilines is 1. The molecule has 17 heavy (non-hydrogen) atoms. The Morgan fingerprint density at radius 3 is 3.00 bits per heavy atom. The molecule has 3 heteroatoms. The maximum absolute atomic E-state index is 11.5. The van der Waals surface area contributed by atoms with Gasteiger partial charge in [-0.05, 0) is 43.0 Å². The van der Waals surface area contributed by atoms with Gasteiger partial charge in [-0.1, -0.05) is 6.92 Å². The Bertz CT molecular complexity index is 415. The van der Waals surface area contributed by atoms with Gasteiger partial charge in [0, 0.05) is 19.2 Å². The van der Waals surface area contributed by atoms with Gasteiger partial charge in [0.25, 0.3) is 0 Å². The third kappa shape index (κ3) is 2.60. The van der Waals surface area contributed by atoms with E-state index in [9.17, 15) is 4.79 Å². The Kier molecular flexibility index (Phi) is 3.67. The van der Waals surface area contributed by atoms with Crippen LogP contribution in [0.25, 0.3) is 0 Å². The third-order valence-corrected chi connectivity index (χ3v) is 3.02. The second kappa shape index (κ2) is 5.21. The molecule has 1 amide bonds. The number of fused-ring (bicyclic) bond motifs is 1. The third-order valence-electron chi connectivity index (χ3n) is 3.02. The molecule has 0 N–H and O–H groups in total. The van der Waals surface area contributed by atoms with Crippen LogP contribution in [0.4, 0.5) is 5.69 Å². The molecular formula is C14H19NO2. The van der Waals surface area contributed by atoms with Crippen LogP contribution in [0, 0.1) is 0 Å². The fraction of sp³-hybridized carbons (Fsp3) is 0.500. The molecule has 0 saturated carbocycles. The van der Waals surface area contributed by atoms with Crippen molar-refractivity contribution < 1.29 is 9.53 Å². The zero-order chi connectivity index (χ0) is 12.3. The zero-order valence-corrected chi connectivity index (χ0v) is 10.5. The van der Waals surface area contributed by atoms with E-state index in [-0.39, 0.29) is 5.91 Å². The predicted molar refractivity (Wildman–Crippen MR) is 68.6 cm³/mol. The Labute approximate surface area is 102 Å². The zero-order valence-electron chi connectivity index (χ0n) is 10.5. The molecule has 0 bridgehead atoms. The predicted octanol–water partition coefficient (Wildman–Crippen LogP) is 2.77. The van der Waals surface area contributed by atoms with Crippen molar-refractivity contribution in [2.45, 2.75) is 33.1 Å². The van der Waals surface area contributed by atoms with Crippen molar-refractivity contribution in [3.05, 3.63) is 23.8 Å². The second-order valence-electron chi connectivity index (χ2n) is 4.41. The number of hydrogen-bond donors (Lipinski definition) is 0. The number of nitrogens with zero attached hydrogens (tertiary/aromatic N) is 1. The Morgan fingerprint density at radius 1 is 1.47 bits per heavy atom. The number of carbonyl (C=O) groups is 1. The first-order valence-electron chi connectivity index (χ1n) is 6.26. The highest BCUT2D eigenvalue weighted by Crippen LogP contribution is 2.30. The van der Waals surface area contributed by atoms with Crippen molar-refractivity contribution in [3.63, 3.8) is 0 Å². The first-order chi connectivity index (χ1) is 8.22. The van der Waals surface area contributed by atoms with E-state index in [1.54, 1.807) is 6.92 Å². The molecular weight excluding hydrogens is 214 g/mol. The van der Waals surface area contributed by atoms with Gasteiger partial charge >= 0.3 is 0 Å². The summed E-state index contributed by atoms with van der Waals surface area (Å²) in [6.45, 7) is 5.29. The molecule has 92 valence electrons. The van der Waals surface area contributed by atoms with Crippen molar-refractivity contribution in [1.82, 2.24) is 0 Å². The highest BCUT2D eigenvalue weighted by molar-refractivity contribution is 5.92. The van der Waals surface area contributed by atoms with Crippen LogP contribution in [0.3, 0.4) is 0 Å². The molecule has 2 rings (SSSR count). The van der Waals surface area contributed by atoms with E-state index in [0.29, 0.717) is 0 Å². The average Bonchev–Trinajstić information content (AvgIpc) is 2.35. The Morgan fingerprint density at radius 2 is 2.29 bits per heavy atom. The van der Waals surface area contributed by atoms with Crippen molar-refractivity contribution in [2.75, 3.05) is 18.1 Å². The highest BCUT2D eigenvalue weighted by Gasteiger charge is 2.19. The van der Waals surface area contributed by atoms with E-state index < -0.39 is 0 Å². The molecule has 0 fully saturated rings. The molecule has 0 radical (unpaired) electrons. The molecule has 0 spiro atoms. The van der Waals surface area contributed by atoms with E-state index in [0.717, 1.165) is 43.9 Å². The van der Waals surface area contributed by atoms with Gasteiger partial charge in [-0.15, -0.1) is 0 Å². The van der Waals surface area contributed by atoms with E-state index >= 15 is 0 Å². The number of benzene rings is 1.